The van der Waals surface area contributed by atoms with Gasteiger partial charge in [0.1, 0.15) is 11.5 Å². The van der Waals surface area contributed by atoms with E-state index in [9.17, 15) is 9.90 Å². The number of rotatable bonds is 7. The van der Waals surface area contributed by atoms with Crippen molar-refractivity contribution in [3.63, 3.8) is 0 Å². The molecule has 0 unspecified atom stereocenters. The van der Waals surface area contributed by atoms with Crippen LogP contribution < -0.4 is 10.1 Å². The lowest BCUT2D eigenvalue weighted by Gasteiger charge is -2.05. The van der Waals surface area contributed by atoms with E-state index in [0.717, 1.165) is 20.3 Å². The maximum atomic E-state index is 12.3. The van der Waals surface area contributed by atoms with Crippen LogP contribution in [0.1, 0.15) is 5.56 Å². The van der Waals surface area contributed by atoms with Gasteiger partial charge in [0.2, 0.25) is 5.91 Å². The number of thiazole rings is 1. The predicted molar refractivity (Wildman–Crippen MR) is 137 cm³/mol. The summed E-state index contributed by atoms with van der Waals surface area (Å²) in [6, 6.07) is 15.8. The number of fused-ring (bicyclic) bond motifs is 1. The van der Waals surface area contributed by atoms with Gasteiger partial charge >= 0.3 is 0 Å². The number of phenolic OH excluding ortho intramolecular Hbond substituents is 1. The van der Waals surface area contributed by atoms with Gasteiger partial charge in [0.05, 0.1) is 33.8 Å². The van der Waals surface area contributed by atoms with E-state index in [-0.39, 0.29) is 22.4 Å². The lowest BCUT2D eigenvalue weighted by atomic mass is 10.2. The first kappa shape index (κ1) is 23.4. The summed E-state index contributed by atoms with van der Waals surface area (Å²) in [5.74, 6) is 0.782. The fraction of sp³-hybridized carbons (Fsp3) is 0.0870. The molecule has 0 aliphatic rings. The van der Waals surface area contributed by atoms with E-state index in [1.165, 1.54) is 35.4 Å². The highest BCUT2D eigenvalue weighted by Crippen LogP contribution is 2.33. The van der Waals surface area contributed by atoms with Crippen molar-refractivity contribution >= 4 is 80.0 Å². The fourth-order valence-electron chi connectivity index (χ4n) is 2.86. The van der Waals surface area contributed by atoms with Crippen LogP contribution in [-0.4, -0.2) is 35.1 Å². The predicted octanol–water partition coefficient (Wildman–Crippen LogP) is 6.80. The van der Waals surface area contributed by atoms with Gasteiger partial charge in [-0.1, -0.05) is 35.0 Å². The number of nitrogens with one attached hydrogen (secondary N) is 1. The molecule has 168 valence electrons. The normalized spacial score (nSPS) is 11.2. The Labute approximate surface area is 208 Å². The van der Waals surface area contributed by atoms with Crippen molar-refractivity contribution in [3.05, 3.63) is 70.2 Å². The smallest absolute Gasteiger partial charge is 0.234 e. The average Bonchev–Trinajstić information content (AvgIpc) is 3.22. The van der Waals surface area contributed by atoms with Crippen molar-refractivity contribution < 1.29 is 14.6 Å². The number of hydrogen-bond donors (Lipinski definition) is 2. The number of carbonyl (C=O) groups is 1. The van der Waals surface area contributed by atoms with Gasteiger partial charge in [-0.3, -0.25) is 9.79 Å². The third-order valence-electron chi connectivity index (χ3n) is 4.46. The van der Waals surface area contributed by atoms with Gasteiger partial charge in [-0.05, 0) is 54.6 Å². The number of aromatic hydroxyl groups is 1. The summed E-state index contributed by atoms with van der Waals surface area (Å²) in [6.07, 6.45) is 1.51. The molecule has 0 aliphatic carbocycles. The molecular weight excluding hydrogens is 501 g/mol. The molecule has 0 radical (unpaired) electrons. The van der Waals surface area contributed by atoms with Crippen molar-refractivity contribution in [2.75, 3.05) is 18.2 Å². The van der Waals surface area contributed by atoms with Gasteiger partial charge in [0.15, 0.2) is 4.34 Å². The number of aliphatic imine (C=N–C) groups is 1. The molecule has 33 heavy (non-hydrogen) atoms. The number of ether oxygens (including phenoxy) is 1. The molecule has 0 saturated heterocycles. The Balaban J connectivity index is 1.41. The summed E-state index contributed by atoms with van der Waals surface area (Å²) in [4.78, 5) is 21.2. The summed E-state index contributed by atoms with van der Waals surface area (Å²) in [7, 11) is 1.59. The minimum atomic E-state index is -0.116. The Morgan fingerprint density at radius 1 is 1.21 bits per heavy atom. The molecule has 0 bridgehead atoms. The molecular formula is C23H17Cl2N3O3S2. The van der Waals surface area contributed by atoms with Gasteiger partial charge in [0.25, 0.3) is 0 Å². The maximum Gasteiger partial charge on any atom is 0.234 e. The first-order valence-corrected chi connectivity index (χ1v) is 12.2. The molecule has 2 N–H and O–H groups in total. The van der Waals surface area contributed by atoms with Crippen LogP contribution in [0, 0.1) is 0 Å². The Morgan fingerprint density at radius 2 is 2.00 bits per heavy atom. The number of anilines is 1. The minimum absolute atomic E-state index is 0.0738. The molecule has 1 aromatic heterocycles. The lowest BCUT2D eigenvalue weighted by Crippen LogP contribution is -2.13. The topological polar surface area (TPSA) is 83.8 Å². The molecule has 0 saturated carbocycles. The number of benzene rings is 3. The fourth-order valence-corrected chi connectivity index (χ4v) is 5.27. The Hall–Kier alpha value is -2.78. The first-order chi connectivity index (χ1) is 15.9. The molecule has 1 heterocycles. The van der Waals surface area contributed by atoms with Crippen molar-refractivity contribution in [2.24, 2.45) is 4.99 Å². The largest absolute Gasteiger partial charge is 0.506 e. The van der Waals surface area contributed by atoms with Gasteiger partial charge < -0.3 is 15.2 Å². The molecule has 3 aromatic carbocycles. The number of nitrogens with zero attached hydrogens (tertiary/aromatic N) is 2. The Morgan fingerprint density at radius 3 is 2.76 bits per heavy atom. The molecule has 1 amide bonds. The molecule has 0 atom stereocenters. The van der Waals surface area contributed by atoms with Crippen LogP contribution in [0.25, 0.3) is 10.2 Å². The summed E-state index contributed by atoms with van der Waals surface area (Å²) >= 11 is 14.8. The first-order valence-electron chi connectivity index (χ1n) is 9.60. The van der Waals surface area contributed by atoms with Crippen molar-refractivity contribution in [1.29, 1.82) is 0 Å². The number of phenols is 1. The molecule has 10 heteroatoms. The molecule has 0 aliphatic heterocycles. The van der Waals surface area contributed by atoms with Crippen molar-refractivity contribution in [2.45, 2.75) is 4.34 Å². The monoisotopic (exact) mass is 517 g/mol. The summed E-state index contributed by atoms with van der Waals surface area (Å²) in [6.45, 7) is 0. The number of carbonyl (C=O) groups excluding carboxylic acids is 1. The van der Waals surface area contributed by atoms with Crippen LogP contribution in [0.3, 0.4) is 0 Å². The number of aromatic nitrogens is 1. The molecule has 6 nitrogen and oxygen atoms in total. The summed E-state index contributed by atoms with van der Waals surface area (Å²) in [5.41, 5.74) is 2.65. The van der Waals surface area contributed by atoms with E-state index in [4.69, 9.17) is 27.9 Å². The third-order valence-corrected chi connectivity index (χ3v) is 7.13. The van der Waals surface area contributed by atoms with Gasteiger partial charge in [0, 0.05) is 22.5 Å². The third kappa shape index (κ3) is 5.97. The SMILES string of the molecule is COc1ccc(NC(=O)CSc2nc3ccc(N=Cc4cc(Cl)cc(Cl)c4O)cc3s2)cc1. The van der Waals surface area contributed by atoms with Crippen LogP contribution in [-0.2, 0) is 4.79 Å². The number of amides is 1. The van der Waals surface area contributed by atoms with Crippen LogP contribution in [0.5, 0.6) is 11.5 Å². The van der Waals surface area contributed by atoms with E-state index in [0.29, 0.717) is 22.0 Å². The van der Waals surface area contributed by atoms with Gasteiger partial charge in [-0.2, -0.15) is 0 Å². The van der Waals surface area contributed by atoms with E-state index < -0.39 is 0 Å². The Kier molecular flexibility index (Phi) is 7.39. The zero-order valence-electron chi connectivity index (χ0n) is 17.2. The van der Waals surface area contributed by atoms with Crippen molar-refractivity contribution in [3.8, 4) is 11.5 Å². The molecule has 0 fully saturated rings. The van der Waals surface area contributed by atoms with E-state index >= 15 is 0 Å². The van der Waals surface area contributed by atoms with Crippen LogP contribution in [0.15, 0.2) is 63.9 Å². The summed E-state index contributed by atoms with van der Waals surface area (Å²) < 4.78 is 6.84. The molecule has 0 spiro atoms. The minimum Gasteiger partial charge on any atom is -0.506 e. The number of halogens is 2. The quantitative estimate of drug-likeness (QED) is 0.208. The standard InChI is InChI=1S/C23H17Cl2N3O3S2/c1-31-17-5-2-15(3-6-17)27-21(29)12-32-23-28-19-7-4-16(10-20(19)33-23)26-11-13-8-14(24)9-18(25)22(13)30/h2-11,30H,12H2,1H3,(H,27,29). The number of hydrogen-bond acceptors (Lipinski definition) is 7. The second-order valence-corrected chi connectivity index (χ2v) is 9.88. The zero-order chi connectivity index (χ0) is 23.4. The zero-order valence-corrected chi connectivity index (χ0v) is 20.4. The lowest BCUT2D eigenvalue weighted by molar-refractivity contribution is -0.113. The van der Waals surface area contributed by atoms with Gasteiger partial charge in [-0.15, -0.1) is 11.3 Å². The average molecular weight is 518 g/mol. The maximum absolute atomic E-state index is 12.3. The van der Waals surface area contributed by atoms with Crippen molar-refractivity contribution in [1.82, 2.24) is 4.98 Å². The number of methoxy groups -OCH3 is 1. The van der Waals surface area contributed by atoms with Crippen LogP contribution in [0.4, 0.5) is 11.4 Å². The van der Waals surface area contributed by atoms with E-state index in [2.05, 4.69) is 15.3 Å². The van der Waals surface area contributed by atoms with Gasteiger partial charge in [-0.25, -0.2) is 4.98 Å². The van der Waals surface area contributed by atoms with E-state index in [1.54, 1.807) is 37.4 Å². The van der Waals surface area contributed by atoms with E-state index in [1.807, 2.05) is 18.2 Å². The number of thioether (sulfide) groups is 1. The Bertz CT molecular complexity index is 1340. The molecule has 4 aromatic rings. The second kappa shape index (κ2) is 10.4. The highest BCUT2D eigenvalue weighted by atomic mass is 35.5. The highest BCUT2D eigenvalue weighted by molar-refractivity contribution is 8.01. The highest BCUT2D eigenvalue weighted by Gasteiger charge is 2.10. The van der Waals surface area contributed by atoms with Crippen LogP contribution in [0.2, 0.25) is 10.0 Å². The van der Waals surface area contributed by atoms with Crippen LogP contribution >= 0.6 is 46.3 Å². The second-order valence-electron chi connectivity index (χ2n) is 6.78. The molecule has 4 rings (SSSR count). The summed E-state index contributed by atoms with van der Waals surface area (Å²) in [5, 5.41) is 13.5.